The molecule has 1 aromatic carbocycles. The first-order valence-corrected chi connectivity index (χ1v) is 12.4. The standard InChI is InChI=1S/C21H27N3O6S/c1-3-14(2)24(15-8-11-31(28,29)13-15)18(25)12-23-19(26)21(22-20(23)27)9-10-30-17-7-5-4-6-16(17)21/h4-7,14-15H,3,8-13H2,1-2H3,(H,22,27)/t14-,15-,21+/m0/s1. The molecular weight excluding hydrogens is 422 g/mol. The van der Waals surface area contributed by atoms with Crippen molar-refractivity contribution < 1.29 is 27.5 Å². The lowest BCUT2D eigenvalue weighted by Crippen LogP contribution is -2.52. The molecule has 168 valence electrons. The number of rotatable bonds is 5. The van der Waals surface area contributed by atoms with Crippen LogP contribution in [0.5, 0.6) is 5.75 Å². The molecule has 0 radical (unpaired) electrons. The Morgan fingerprint density at radius 2 is 2.10 bits per heavy atom. The van der Waals surface area contributed by atoms with E-state index in [1.165, 1.54) is 0 Å². The van der Waals surface area contributed by atoms with Crippen LogP contribution >= 0.6 is 0 Å². The average Bonchev–Trinajstić information content (AvgIpc) is 3.20. The fraction of sp³-hybridized carbons (Fsp3) is 0.571. The van der Waals surface area contributed by atoms with Gasteiger partial charge in [0.1, 0.15) is 12.3 Å². The Balaban J connectivity index is 1.58. The second-order valence-electron chi connectivity index (χ2n) is 8.44. The lowest BCUT2D eigenvalue weighted by molar-refractivity contribution is -0.142. The van der Waals surface area contributed by atoms with E-state index < -0.39 is 45.8 Å². The number of imide groups is 1. The minimum Gasteiger partial charge on any atom is -0.493 e. The first-order chi connectivity index (χ1) is 14.7. The number of carbonyl (C=O) groups is 3. The number of ether oxygens (including phenoxy) is 1. The molecule has 0 bridgehead atoms. The van der Waals surface area contributed by atoms with Gasteiger partial charge in [0.05, 0.1) is 18.1 Å². The predicted molar refractivity (Wildman–Crippen MR) is 112 cm³/mol. The van der Waals surface area contributed by atoms with Crippen LogP contribution in [0.3, 0.4) is 0 Å². The van der Waals surface area contributed by atoms with Gasteiger partial charge in [-0.2, -0.15) is 0 Å². The van der Waals surface area contributed by atoms with E-state index in [1.807, 2.05) is 13.8 Å². The van der Waals surface area contributed by atoms with E-state index in [9.17, 15) is 22.8 Å². The Labute approximate surface area is 181 Å². The lowest BCUT2D eigenvalue weighted by atomic mass is 9.84. The molecule has 0 aliphatic carbocycles. The lowest BCUT2D eigenvalue weighted by Gasteiger charge is -2.35. The Morgan fingerprint density at radius 3 is 2.77 bits per heavy atom. The molecule has 0 saturated carbocycles. The van der Waals surface area contributed by atoms with Gasteiger partial charge in [0, 0.05) is 24.1 Å². The van der Waals surface area contributed by atoms with Crippen LogP contribution in [0.15, 0.2) is 24.3 Å². The highest BCUT2D eigenvalue weighted by molar-refractivity contribution is 7.91. The third-order valence-corrected chi connectivity index (χ3v) is 8.26. The second-order valence-corrected chi connectivity index (χ2v) is 10.7. The van der Waals surface area contributed by atoms with Gasteiger partial charge < -0.3 is 15.0 Å². The second kappa shape index (κ2) is 7.81. The number of fused-ring (bicyclic) bond motifs is 2. The minimum atomic E-state index is -3.19. The van der Waals surface area contributed by atoms with Crippen molar-refractivity contribution in [3.63, 3.8) is 0 Å². The van der Waals surface area contributed by atoms with Gasteiger partial charge in [0.15, 0.2) is 15.4 Å². The highest BCUT2D eigenvalue weighted by Crippen LogP contribution is 2.41. The van der Waals surface area contributed by atoms with Gasteiger partial charge in [-0.05, 0) is 25.8 Å². The minimum absolute atomic E-state index is 0.0426. The molecule has 2 saturated heterocycles. The first-order valence-electron chi connectivity index (χ1n) is 10.6. The van der Waals surface area contributed by atoms with E-state index in [2.05, 4.69) is 5.32 Å². The fourth-order valence-electron chi connectivity index (χ4n) is 4.73. The number of urea groups is 1. The van der Waals surface area contributed by atoms with Crippen LogP contribution in [-0.2, 0) is 25.0 Å². The first kappa shape index (κ1) is 21.6. The maximum atomic E-state index is 13.4. The van der Waals surface area contributed by atoms with Crippen molar-refractivity contribution in [1.29, 1.82) is 0 Å². The fourth-order valence-corrected chi connectivity index (χ4v) is 6.44. The van der Waals surface area contributed by atoms with Gasteiger partial charge in [-0.3, -0.25) is 14.5 Å². The van der Waals surface area contributed by atoms with Gasteiger partial charge in [-0.15, -0.1) is 0 Å². The van der Waals surface area contributed by atoms with Gasteiger partial charge >= 0.3 is 6.03 Å². The number of amides is 4. The molecular formula is C21H27N3O6S. The van der Waals surface area contributed by atoms with Crippen LogP contribution in [0.25, 0.3) is 0 Å². The van der Waals surface area contributed by atoms with Crippen molar-refractivity contribution in [2.45, 2.75) is 50.7 Å². The molecule has 1 N–H and O–H groups in total. The summed E-state index contributed by atoms with van der Waals surface area (Å²) in [7, 11) is -3.19. The van der Waals surface area contributed by atoms with Gasteiger partial charge in [-0.1, -0.05) is 25.1 Å². The molecule has 4 rings (SSSR count). The van der Waals surface area contributed by atoms with Crippen molar-refractivity contribution >= 4 is 27.7 Å². The van der Waals surface area contributed by atoms with Crippen molar-refractivity contribution in [3.05, 3.63) is 29.8 Å². The molecule has 10 heteroatoms. The van der Waals surface area contributed by atoms with E-state index in [0.29, 0.717) is 24.2 Å². The maximum Gasteiger partial charge on any atom is 0.325 e. The van der Waals surface area contributed by atoms with Crippen molar-refractivity contribution in [2.75, 3.05) is 24.7 Å². The van der Waals surface area contributed by atoms with Crippen molar-refractivity contribution in [3.8, 4) is 5.75 Å². The van der Waals surface area contributed by atoms with Crippen molar-refractivity contribution in [1.82, 2.24) is 15.1 Å². The highest BCUT2D eigenvalue weighted by atomic mass is 32.2. The number of para-hydroxylation sites is 1. The molecule has 2 fully saturated rings. The van der Waals surface area contributed by atoms with Crippen LogP contribution in [0.4, 0.5) is 4.79 Å². The van der Waals surface area contributed by atoms with Crippen LogP contribution in [-0.4, -0.2) is 72.8 Å². The largest absolute Gasteiger partial charge is 0.493 e. The number of sulfone groups is 1. The molecule has 3 atom stereocenters. The van der Waals surface area contributed by atoms with Crippen molar-refractivity contribution in [2.24, 2.45) is 0 Å². The Bertz CT molecular complexity index is 1030. The third-order valence-electron chi connectivity index (χ3n) is 6.51. The summed E-state index contributed by atoms with van der Waals surface area (Å²) in [6.07, 6.45) is 1.28. The third kappa shape index (κ3) is 3.66. The SMILES string of the molecule is CC[C@H](C)N(C(=O)CN1C(=O)N[C@@]2(CCOc3ccccc32)C1=O)[C@H]1CCS(=O)(=O)C1. The average molecular weight is 450 g/mol. The van der Waals surface area contributed by atoms with E-state index in [0.717, 1.165) is 4.90 Å². The van der Waals surface area contributed by atoms with E-state index in [1.54, 1.807) is 29.2 Å². The summed E-state index contributed by atoms with van der Waals surface area (Å²) >= 11 is 0. The zero-order valence-corrected chi connectivity index (χ0v) is 18.5. The highest BCUT2D eigenvalue weighted by Gasteiger charge is 2.55. The van der Waals surface area contributed by atoms with E-state index >= 15 is 0 Å². The molecule has 3 aliphatic heterocycles. The topological polar surface area (TPSA) is 113 Å². The Kier molecular flexibility index (Phi) is 5.45. The summed E-state index contributed by atoms with van der Waals surface area (Å²) in [5.74, 6) is -0.409. The molecule has 4 amide bonds. The maximum absolute atomic E-state index is 13.4. The zero-order valence-electron chi connectivity index (χ0n) is 17.7. The van der Waals surface area contributed by atoms with Crippen LogP contribution in [0.2, 0.25) is 0 Å². The Hall–Kier alpha value is -2.62. The summed E-state index contributed by atoms with van der Waals surface area (Å²) in [4.78, 5) is 41.9. The number of benzene rings is 1. The zero-order chi connectivity index (χ0) is 22.4. The van der Waals surface area contributed by atoms with Gasteiger partial charge in [0.2, 0.25) is 5.91 Å². The van der Waals surface area contributed by atoms with Crippen LogP contribution < -0.4 is 10.1 Å². The predicted octanol–water partition coefficient (Wildman–Crippen LogP) is 1.03. The summed E-state index contributed by atoms with van der Waals surface area (Å²) in [6, 6.07) is 5.78. The summed E-state index contributed by atoms with van der Waals surface area (Å²) in [5, 5.41) is 2.79. The molecule has 3 heterocycles. The van der Waals surface area contributed by atoms with Gasteiger partial charge in [-0.25, -0.2) is 13.2 Å². The molecule has 1 spiro atoms. The Morgan fingerprint density at radius 1 is 1.35 bits per heavy atom. The van der Waals surface area contributed by atoms with E-state index in [4.69, 9.17) is 4.74 Å². The summed E-state index contributed by atoms with van der Waals surface area (Å²) in [6.45, 7) is 3.61. The number of nitrogens with one attached hydrogen (secondary N) is 1. The number of nitrogens with zero attached hydrogens (tertiary/aromatic N) is 2. The molecule has 1 aromatic rings. The normalized spacial score (nSPS) is 27.5. The number of hydrogen-bond donors (Lipinski definition) is 1. The van der Waals surface area contributed by atoms with Crippen LogP contribution in [0, 0.1) is 0 Å². The summed E-state index contributed by atoms with van der Waals surface area (Å²) in [5.41, 5.74) is -0.667. The number of carbonyl (C=O) groups excluding carboxylic acids is 3. The molecule has 3 aliphatic rings. The molecule has 0 unspecified atom stereocenters. The number of hydrogen-bond acceptors (Lipinski definition) is 6. The molecule has 31 heavy (non-hydrogen) atoms. The van der Waals surface area contributed by atoms with Crippen LogP contribution in [0.1, 0.15) is 38.7 Å². The molecule has 0 aromatic heterocycles. The monoisotopic (exact) mass is 449 g/mol. The quantitative estimate of drug-likeness (QED) is 0.672. The smallest absolute Gasteiger partial charge is 0.325 e. The molecule has 9 nitrogen and oxygen atoms in total. The summed E-state index contributed by atoms with van der Waals surface area (Å²) < 4.78 is 29.6. The van der Waals surface area contributed by atoms with E-state index in [-0.39, 0.29) is 30.6 Å². The van der Waals surface area contributed by atoms with Gasteiger partial charge in [0.25, 0.3) is 5.91 Å².